The van der Waals surface area contributed by atoms with Gasteiger partial charge in [0.05, 0.1) is 13.2 Å². The van der Waals surface area contributed by atoms with Crippen LogP contribution in [0.3, 0.4) is 0 Å². The van der Waals surface area contributed by atoms with Crippen LogP contribution in [0.1, 0.15) is 28.5 Å². The van der Waals surface area contributed by atoms with Crippen molar-refractivity contribution in [2.24, 2.45) is 0 Å². The lowest BCUT2D eigenvalue weighted by Gasteiger charge is -2.14. The fourth-order valence-corrected chi connectivity index (χ4v) is 2.07. The van der Waals surface area contributed by atoms with Crippen LogP contribution in [-0.4, -0.2) is 17.2 Å². The predicted molar refractivity (Wildman–Crippen MR) is 75.4 cm³/mol. The number of aliphatic hydroxyl groups excluding tert-OH is 1. The maximum absolute atomic E-state index is 10.3. The Bertz CT molecular complexity index is 549. The van der Waals surface area contributed by atoms with E-state index in [4.69, 9.17) is 4.74 Å². The summed E-state index contributed by atoms with van der Waals surface area (Å²) in [4.78, 5) is 4.21. The lowest BCUT2D eigenvalue weighted by molar-refractivity contribution is 0.177. The van der Waals surface area contributed by atoms with Crippen LogP contribution in [0.4, 0.5) is 0 Å². The minimum atomic E-state index is -0.566. The highest BCUT2D eigenvalue weighted by atomic mass is 16.5. The van der Waals surface area contributed by atoms with Crippen molar-refractivity contribution in [3.8, 4) is 5.75 Å². The second-order valence-corrected chi connectivity index (χ2v) is 4.77. The summed E-state index contributed by atoms with van der Waals surface area (Å²) in [5.74, 6) is 0.810. The first-order valence-electron chi connectivity index (χ1n) is 6.34. The molecule has 1 aromatic heterocycles. The SMILES string of the molecule is COc1ccc(C)cc1CC(O)c1ccc(C)nc1. The molecule has 1 heterocycles. The summed E-state index contributed by atoms with van der Waals surface area (Å²) in [5, 5.41) is 10.3. The Morgan fingerprint density at radius 1 is 1.21 bits per heavy atom. The van der Waals surface area contributed by atoms with E-state index in [-0.39, 0.29) is 0 Å². The summed E-state index contributed by atoms with van der Waals surface area (Å²) in [5.41, 5.74) is 3.94. The number of benzene rings is 1. The Morgan fingerprint density at radius 2 is 2.00 bits per heavy atom. The minimum absolute atomic E-state index is 0.523. The van der Waals surface area contributed by atoms with Crippen LogP contribution in [0, 0.1) is 13.8 Å². The molecule has 1 N–H and O–H groups in total. The molecule has 2 rings (SSSR count). The van der Waals surface area contributed by atoms with Crippen molar-refractivity contribution >= 4 is 0 Å². The van der Waals surface area contributed by atoms with Gasteiger partial charge >= 0.3 is 0 Å². The average Bonchev–Trinajstić information content (AvgIpc) is 2.39. The summed E-state index contributed by atoms with van der Waals surface area (Å²) in [6, 6.07) is 9.80. The zero-order chi connectivity index (χ0) is 13.8. The van der Waals surface area contributed by atoms with Crippen molar-refractivity contribution in [1.29, 1.82) is 0 Å². The Kier molecular flexibility index (Phi) is 4.17. The molecular formula is C16H19NO2. The van der Waals surface area contributed by atoms with Gasteiger partial charge in [-0.3, -0.25) is 4.98 Å². The molecule has 1 aromatic carbocycles. The van der Waals surface area contributed by atoms with E-state index in [0.29, 0.717) is 6.42 Å². The standard InChI is InChI=1S/C16H19NO2/c1-11-4-7-16(19-3)14(8-11)9-15(18)13-6-5-12(2)17-10-13/h4-8,10,15,18H,9H2,1-3H3. The predicted octanol–water partition coefficient (Wildman–Crippen LogP) is 2.98. The van der Waals surface area contributed by atoms with E-state index < -0.39 is 6.10 Å². The third-order valence-corrected chi connectivity index (χ3v) is 3.17. The highest BCUT2D eigenvalue weighted by Gasteiger charge is 2.12. The first-order valence-corrected chi connectivity index (χ1v) is 6.34. The molecule has 0 spiro atoms. The fraction of sp³-hybridized carbons (Fsp3) is 0.312. The van der Waals surface area contributed by atoms with Gasteiger partial charge in [0.1, 0.15) is 5.75 Å². The topological polar surface area (TPSA) is 42.4 Å². The third kappa shape index (κ3) is 3.32. The van der Waals surface area contributed by atoms with Gasteiger partial charge in [-0.15, -0.1) is 0 Å². The van der Waals surface area contributed by atoms with Crippen LogP contribution >= 0.6 is 0 Å². The molecule has 1 unspecified atom stereocenters. The van der Waals surface area contributed by atoms with E-state index in [0.717, 1.165) is 28.1 Å². The molecule has 0 saturated heterocycles. The Labute approximate surface area is 113 Å². The largest absolute Gasteiger partial charge is 0.496 e. The summed E-state index contributed by atoms with van der Waals surface area (Å²) in [6.45, 7) is 3.96. The monoisotopic (exact) mass is 257 g/mol. The molecule has 1 atom stereocenters. The van der Waals surface area contributed by atoms with Gasteiger partial charge in [0, 0.05) is 18.3 Å². The molecule has 3 nitrogen and oxygen atoms in total. The Hall–Kier alpha value is -1.87. The molecule has 0 radical (unpaired) electrons. The van der Waals surface area contributed by atoms with Crippen LogP contribution < -0.4 is 4.74 Å². The molecule has 100 valence electrons. The van der Waals surface area contributed by atoms with E-state index in [1.165, 1.54) is 0 Å². The molecule has 0 fully saturated rings. The first-order chi connectivity index (χ1) is 9.10. The molecule has 0 amide bonds. The maximum atomic E-state index is 10.3. The molecule has 0 saturated carbocycles. The van der Waals surface area contributed by atoms with E-state index in [2.05, 4.69) is 4.98 Å². The average molecular weight is 257 g/mol. The molecule has 2 aromatic rings. The summed E-state index contributed by atoms with van der Waals surface area (Å²) in [7, 11) is 1.65. The van der Waals surface area contributed by atoms with Gasteiger partial charge in [0.2, 0.25) is 0 Å². The maximum Gasteiger partial charge on any atom is 0.122 e. The van der Waals surface area contributed by atoms with Crippen molar-refractivity contribution in [3.63, 3.8) is 0 Å². The number of aromatic nitrogens is 1. The number of hydrogen-bond donors (Lipinski definition) is 1. The second-order valence-electron chi connectivity index (χ2n) is 4.77. The second kappa shape index (κ2) is 5.85. The van der Waals surface area contributed by atoms with E-state index in [9.17, 15) is 5.11 Å². The summed E-state index contributed by atoms with van der Waals surface area (Å²) >= 11 is 0. The van der Waals surface area contributed by atoms with Gasteiger partial charge in [0.15, 0.2) is 0 Å². The normalized spacial score (nSPS) is 12.2. The lowest BCUT2D eigenvalue weighted by Crippen LogP contribution is -2.04. The van der Waals surface area contributed by atoms with Crippen LogP contribution in [0.5, 0.6) is 5.75 Å². The van der Waals surface area contributed by atoms with Crippen molar-refractivity contribution < 1.29 is 9.84 Å². The quantitative estimate of drug-likeness (QED) is 0.915. The highest BCUT2D eigenvalue weighted by molar-refractivity contribution is 5.38. The van der Waals surface area contributed by atoms with Gasteiger partial charge in [-0.05, 0) is 37.1 Å². The zero-order valence-electron chi connectivity index (χ0n) is 11.6. The number of ether oxygens (including phenoxy) is 1. The first kappa shape index (κ1) is 13.6. The van der Waals surface area contributed by atoms with Gasteiger partial charge in [-0.1, -0.05) is 23.8 Å². The number of aliphatic hydroxyl groups is 1. The van der Waals surface area contributed by atoms with Gasteiger partial charge in [-0.2, -0.15) is 0 Å². The molecule has 3 heteroatoms. The van der Waals surface area contributed by atoms with Crippen LogP contribution in [-0.2, 0) is 6.42 Å². The van der Waals surface area contributed by atoms with Gasteiger partial charge in [-0.25, -0.2) is 0 Å². The minimum Gasteiger partial charge on any atom is -0.496 e. The van der Waals surface area contributed by atoms with E-state index in [1.54, 1.807) is 13.3 Å². The molecule has 0 aliphatic carbocycles. The van der Waals surface area contributed by atoms with Crippen LogP contribution in [0.25, 0.3) is 0 Å². The van der Waals surface area contributed by atoms with Crippen molar-refractivity contribution in [2.75, 3.05) is 7.11 Å². The number of nitrogens with zero attached hydrogens (tertiary/aromatic N) is 1. The molecule has 0 aliphatic rings. The lowest BCUT2D eigenvalue weighted by atomic mass is 10.0. The fourth-order valence-electron chi connectivity index (χ4n) is 2.07. The van der Waals surface area contributed by atoms with Crippen molar-refractivity contribution in [3.05, 3.63) is 58.9 Å². The Morgan fingerprint density at radius 3 is 2.63 bits per heavy atom. The Balaban J connectivity index is 2.20. The van der Waals surface area contributed by atoms with Crippen molar-refractivity contribution in [2.45, 2.75) is 26.4 Å². The van der Waals surface area contributed by atoms with E-state index in [1.807, 2.05) is 44.2 Å². The third-order valence-electron chi connectivity index (χ3n) is 3.17. The molecular weight excluding hydrogens is 238 g/mol. The number of methoxy groups -OCH3 is 1. The van der Waals surface area contributed by atoms with E-state index >= 15 is 0 Å². The highest BCUT2D eigenvalue weighted by Crippen LogP contribution is 2.25. The number of hydrogen-bond acceptors (Lipinski definition) is 3. The number of pyridine rings is 1. The molecule has 0 aliphatic heterocycles. The van der Waals surface area contributed by atoms with Gasteiger partial charge in [0.25, 0.3) is 0 Å². The molecule has 19 heavy (non-hydrogen) atoms. The molecule has 0 bridgehead atoms. The number of rotatable bonds is 4. The zero-order valence-corrected chi connectivity index (χ0v) is 11.6. The van der Waals surface area contributed by atoms with Gasteiger partial charge < -0.3 is 9.84 Å². The number of aryl methyl sites for hydroxylation is 2. The summed E-state index contributed by atoms with van der Waals surface area (Å²) < 4.78 is 5.33. The van der Waals surface area contributed by atoms with Crippen molar-refractivity contribution in [1.82, 2.24) is 4.98 Å². The summed E-state index contributed by atoms with van der Waals surface area (Å²) in [6.07, 6.45) is 1.68. The van der Waals surface area contributed by atoms with Crippen LogP contribution in [0.15, 0.2) is 36.5 Å². The van der Waals surface area contributed by atoms with Crippen LogP contribution in [0.2, 0.25) is 0 Å². The smallest absolute Gasteiger partial charge is 0.122 e.